The summed E-state index contributed by atoms with van der Waals surface area (Å²) in [4.78, 5) is 0. The van der Waals surface area contributed by atoms with E-state index in [2.05, 4.69) is 37.8 Å². The number of hydrogen-bond donors (Lipinski definition) is 1. The van der Waals surface area contributed by atoms with E-state index in [1.165, 1.54) is 0 Å². The highest BCUT2D eigenvalue weighted by Crippen LogP contribution is 2.25. The predicted octanol–water partition coefficient (Wildman–Crippen LogP) is 3.71. The quantitative estimate of drug-likeness (QED) is 0.481. The molecule has 1 N–H and O–H groups in total. The molecule has 0 fully saturated rings. The molecule has 0 aliphatic heterocycles. The van der Waals surface area contributed by atoms with E-state index in [0.29, 0.717) is 11.4 Å². The summed E-state index contributed by atoms with van der Waals surface area (Å²) in [5, 5.41) is 11.2. The Morgan fingerprint density at radius 3 is 3.05 bits per heavy atom. The van der Waals surface area contributed by atoms with Crippen LogP contribution in [0.3, 0.4) is 0 Å². The first-order valence-corrected chi connectivity index (χ1v) is 7.59. The van der Waals surface area contributed by atoms with Crippen LogP contribution in [0.5, 0.6) is 5.75 Å². The lowest BCUT2D eigenvalue weighted by atomic mass is 10.2. The monoisotopic (exact) mass is 366 g/mol. The number of H-pyrrole nitrogens is 1. The van der Waals surface area contributed by atoms with Gasteiger partial charge in [-0.25, -0.2) is 0 Å². The van der Waals surface area contributed by atoms with Gasteiger partial charge in [0.05, 0.1) is 10.7 Å². The van der Waals surface area contributed by atoms with Crippen LogP contribution in [0.25, 0.3) is 0 Å². The van der Waals surface area contributed by atoms with Crippen molar-refractivity contribution < 1.29 is 4.74 Å². The molecule has 0 unspecified atom stereocenters. The van der Waals surface area contributed by atoms with Crippen LogP contribution in [0.4, 0.5) is 0 Å². The average molecular weight is 367 g/mol. The Morgan fingerprint density at radius 2 is 2.38 bits per heavy atom. The molecule has 0 spiro atoms. The van der Waals surface area contributed by atoms with Crippen LogP contribution in [-0.2, 0) is 6.42 Å². The van der Waals surface area contributed by atoms with E-state index in [-0.39, 0.29) is 0 Å². The van der Waals surface area contributed by atoms with E-state index in [9.17, 15) is 0 Å². The van der Waals surface area contributed by atoms with Gasteiger partial charge in [-0.3, -0.25) is 5.10 Å². The highest BCUT2D eigenvalue weighted by Gasteiger charge is 2.03. The number of halogens is 1. The Balaban J connectivity index is 2.21. The molecule has 1 aromatic heterocycles. The zero-order valence-electron chi connectivity index (χ0n) is 11.5. The van der Waals surface area contributed by atoms with Crippen molar-refractivity contribution in [2.45, 2.75) is 13.3 Å². The largest absolute Gasteiger partial charge is 0.488 e. The van der Waals surface area contributed by atoms with Crippen LogP contribution in [0, 0.1) is 4.77 Å². The number of aryl methyl sites for hydroxylation is 1. The molecule has 21 heavy (non-hydrogen) atoms. The first kappa shape index (κ1) is 15.7. The Kier molecular flexibility index (Phi) is 5.46. The normalized spacial score (nSPS) is 11.0. The van der Waals surface area contributed by atoms with Crippen molar-refractivity contribution in [3.63, 3.8) is 0 Å². The number of aromatic nitrogens is 3. The molecule has 2 rings (SSSR count). The second-order valence-electron chi connectivity index (χ2n) is 4.14. The fraction of sp³-hybridized carbons (Fsp3) is 0.214. The molecular weight excluding hydrogens is 352 g/mol. The summed E-state index contributed by atoms with van der Waals surface area (Å²) in [7, 11) is 0. The minimum absolute atomic E-state index is 0.468. The van der Waals surface area contributed by atoms with E-state index in [0.717, 1.165) is 28.0 Å². The van der Waals surface area contributed by atoms with Gasteiger partial charge in [0.1, 0.15) is 12.4 Å². The minimum Gasteiger partial charge on any atom is -0.488 e. The van der Waals surface area contributed by atoms with Crippen LogP contribution in [0.1, 0.15) is 18.3 Å². The van der Waals surface area contributed by atoms with Crippen LogP contribution in [0.15, 0.2) is 40.4 Å². The van der Waals surface area contributed by atoms with Crippen molar-refractivity contribution >= 4 is 34.4 Å². The number of ether oxygens (including phenoxy) is 1. The van der Waals surface area contributed by atoms with E-state index >= 15 is 0 Å². The maximum absolute atomic E-state index is 5.50. The number of nitrogens with zero attached hydrogens (tertiary/aromatic N) is 3. The van der Waals surface area contributed by atoms with Gasteiger partial charge < -0.3 is 4.74 Å². The second kappa shape index (κ2) is 7.33. The van der Waals surface area contributed by atoms with Crippen molar-refractivity contribution in [2.24, 2.45) is 5.10 Å². The van der Waals surface area contributed by atoms with Gasteiger partial charge >= 0.3 is 0 Å². The van der Waals surface area contributed by atoms with Crippen LogP contribution in [0.2, 0.25) is 0 Å². The van der Waals surface area contributed by atoms with Gasteiger partial charge in [0.25, 0.3) is 0 Å². The summed E-state index contributed by atoms with van der Waals surface area (Å²) in [6.45, 7) is 6.09. The van der Waals surface area contributed by atoms with Crippen LogP contribution >= 0.6 is 28.1 Å². The number of benzene rings is 1. The Bertz CT molecular complexity index is 720. The summed E-state index contributed by atoms with van der Waals surface area (Å²) >= 11 is 8.61. The molecule has 2 aromatic rings. The van der Waals surface area contributed by atoms with Gasteiger partial charge in [-0.15, -0.1) is 0 Å². The number of hydrogen-bond acceptors (Lipinski definition) is 4. The third-order valence-corrected chi connectivity index (χ3v) is 3.55. The highest BCUT2D eigenvalue weighted by atomic mass is 79.9. The van der Waals surface area contributed by atoms with E-state index < -0.39 is 0 Å². The molecule has 1 aromatic carbocycles. The van der Waals surface area contributed by atoms with Crippen molar-refractivity contribution in [3.05, 3.63) is 51.5 Å². The fourth-order valence-corrected chi connectivity index (χ4v) is 2.37. The zero-order chi connectivity index (χ0) is 15.2. The molecule has 1 heterocycles. The van der Waals surface area contributed by atoms with Gasteiger partial charge in [-0.2, -0.15) is 14.9 Å². The summed E-state index contributed by atoms with van der Waals surface area (Å²) in [6.07, 6.45) is 4.18. The topological polar surface area (TPSA) is 55.2 Å². The molecule has 0 saturated heterocycles. The number of rotatable bonds is 6. The maximum atomic E-state index is 5.50. The van der Waals surface area contributed by atoms with E-state index in [4.69, 9.17) is 17.0 Å². The van der Waals surface area contributed by atoms with Gasteiger partial charge in [0.2, 0.25) is 4.77 Å². The Morgan fingerprint density at radius 1 is 1.57 bits per heavy atom. The minimum atomic E-state index is 0.468. The SMILES string of the molecule is C=CCOc1ccc(/C=N\n2c(CC)n[nH]c2=S)cc1Br. The molecule has 5 nitrogen and oxygen atoms in total. The molecule has 0 aliphatic carbocycles. The van der Waals surface area contributed by atoms with Crippen molar-refractivity contribution in [1.29, 1.82) is 0 Å². The molecule has 0 aliphatic rings. The molecule has 0 radical (unpaired) electrons. The van der Waals surface area contributed by atoms with Crippen molar-refractivity contribution in [1.82, 2.24) is 14.9 Å². The lowest BCUT2D eigenvalue weighted by Crippen LogP contribution is -1.98. The van der Waals surface area contributed by atoms with Gasteiger partial charge in [-0.1, -0.05) is 19.6 Å². The van der Waals surface area contributed by atoms with Crippen LogP contribution in [-0.4, -0.2) is 27.7 Å². The molecule has 0 atom stereocenters. The number of aromatic amines is 1. The van der Waals surface area contributed by atoms with Crippen molar-refractivity contribution in [3.8, 4) is 5.75 Å². The summed E-state index contributed by atoms with van der Waals surface area (Å²) < 4.78 is 8.46. The summed E-state index contributed by atoms with van der Waals surface area (Å²) in [6, 6.07) is 5.73. The first-order chi connectivity index (χ1) is 10.2. The number of nitrogens with one attached hydrogen (secondary N) is 1. The maximum Gasteiger partial charge on any atom is 0.216 e. The standard InChI is InChI=1S/C14H15BrN4OS/c1-3-7-20-12-6-5-10(8-11(12)15)9-16-19-13(4-2)17-18-14(19)21/h3,5-6,8-9H,1,4,7H2,2H3,(H,18,21)/b16-9-. The predicted molar refractivity (Wildman–Crippen MR) is 89.6 cm³/mol. The lowest BCUT2D eigenvalue weighted by molar-refractivity contribution is 0.361. The summed E-state index contributed by atoms with van der Waals surface area (Å²) in [5.41, 5.74) is 0.929. The van der Waals surface area contributed by atoms with Crippen LogP contribution < -0.4 is 4.74 Å². The molecule has 0 bridgehead atoms. The third-order valence-electron chi connectivity index (χ3n) is 2.67. The second-order valence-corrected chi connectivity index (χ2v) is 5.39. The molecule has 0 amide bonds. The highest BCUT2D eigenvalue weighted by molar-refractivity contribution is 9.10. The van der Waals surface area contributed by atoms with E-state index in [1.807, 2.05) is 25.1 Å². The molecular formula is C14H15BrN4OS. The molecule has 0 saturated carbocycles. The Hall–Kier alpha value is -1.73. The average Bonchev–Trinajstić information content (AvgIpc) is 2.84. The summed E-state index contributed by atoms with van der Waals surface area (Å²) in [5.74, 6) is 1.56. The van der Waals surface area contributed by atoms with Gasteiger partial charge in [-0.05, 0) is 51.9 Å². The Labute approximate surface area is 136 Å². The van der Waals surface area contributed by atoms with E-state index in [1.54, 1.807) is 17.0 Å². The van der Waals surface area contributed by atoms with Gasteiger partial charge in [0, 0.05) is 6.42 Å². The first-order valence-electron chi connectivity index (χ1n) is 6.39. The lowest BCUT2D eigenvalue weighted by Gasteiger charge is -2.06. The zero-order valence-corrected chi connectivity index (χ0v) is 13.9. The fourth-order valence-electron chi connectivity index (χ4n) is 1.66. The smallest absolute Gasteiger partial charge is 0.216 e. The third kappa shape index (κ3) is 3.89. The van der Waals surface area contributed by atoms with Crippen molar-refractivity contribution in [2.75, 3.05) is 6.61 Å². The molecule has 110 valence electrons. The molecule has 7 heteroatoms. The van der Waals surface area contributed by atoms with Gasteiger partial charge in [0.15, 0.2) is 5.82 Å².